The summed E-state index contributed by atoms with van der Waals surface area (Å²) < 4.78 is 9.84. The van der Waals surface area contributed by atoms with Crippen LogP contribution in [0.25, 0.3) is 0 Å². The van der Waals surface area contributed by atoms with Crippen LogP contribution < -0.4 is 10.6 Å². The number of methoxy groups -OCH3 is 2. The van der Waals surface area contributed by atoms with E-state index in [1.165, 1.54) is 19.3 Å². The van der Waals surface area contributed by atoms with Gasteiger partial charge in [-0.3, -0.25) is 9.59 Å². The third kappa shape index (κ3) is 7.75. The van der Waals surface area contributed by atoms with Gasteiger partial charge in [-0.15, -0.1) is 0 Å². The Hall–Kier alpha value is -1.14. The number of amides is 2. The van der Waals surface area contributed by atoms with Gasteiger partial charge in [-0.1, -0.05) is 19.3 Å². The standard InChI is InChI=1S/C16H30N2O4/c1-21-10-8-15(19)17-12-14(13-6-4-3-5-7-13)18-16(20)9-11-22-2/h13-14H,3-12H2,1-2H3,(H,17,19)(H,18,20). The van der Waals surface area contributed by atoms with Gasteiger partial charge in [0.15, 0.2) is 0 Å². The lowest BCUT2D eigenvalue weighted by Crippen LogP contribution is -2.48. The van der Waals surface area contributed by atoms with Gasteiger partial charge in [-0.25, -0.2) is 0 Å². The molecule has 1 atom stereocenters. The van der Waals surface area contributed by atoms with E-state index in [1.807, 2.05) is 0 Å². The maximum absolute atomic E-state index is 11.9. The van der Waals surface area contributed by atoms with Crippen molar-refractivity contribution in [3.8, 4) is 0 Å². The van der Waals surface area contributed by atoms with E-state index >= 15 is 0 Å². The van der Waals surface area contributed by atoms with Crippen molar-refractivity contribution in [3.63, 3.8) is 0 Å². The Balaban J connectivity index is 2.46. The van der Waals surface area contributed by atoms with Crippen molar-refractivity contribution in [2.24, 2.45) is 5.92 Å². The van der Waals surface area contributed by atoms with Crippen molar-refractivity contribution in [2.75, 3.05) is 34.0 Å². The minimum atomic E-state index is -0.0335. The molecule has 0 saturated heterocycles. The Morgan fingerprint density at radius 3 is 2.18 bits per heavy atom. The highest BCUT2D eigenvalue weighted by Gasteiger charge is 2.25. The zero-order valence-corrected chi connectivity index (χ0v) is 13.9. The minimum Gasteiger partial charge on any atom is -0.384 e. The zero-order chi connectivity index (χ0) is 16.2. The Labute approximate surface area is 133 Å². The van der Waals surface area contributed by atoms with E-state index in [1.54, 1.807) is 14.2 Å². The largest absolute Gasteiger partial charge is 0.384 e. The van der Waals surface area contributed by atoms with Gasteiger partial charge in [-0.2, -0.15) is 0 Å². The van der Waals surface area contributed by atoms with Crippen LogP contribution in [0.15, 0.2) is 0 Å². The van der Waals surface area contributed by atoms with Gasteiger partial charge in [0, 0.05) is 39.6 Å². The lowest BCUT2D eigenvalue weighted by Gasteiger charge is -2.31. The molecule has 1 fully saturated rings. The summed E-state index contributed by atoms with van der Waals surface area (Å²) in [7, 11) is 3.16. The number of nitrogens with one attached hydrogen (secondary N) is 2. The lowest BCUT2D eigenvalue weighted by molar-refractivity contribution is -0.125. The van der Waals surface area contributed by atoms with Gasteiger partial charge in [0.2, 0.25) is 11.8 Å². The molecule has 128 valence electrons. The number of carbonyl (C=O) groups is 2. The summed E-state index contributed by atoms with van der Waals surface area (Å²) in [5, 5.41) is 5.98. The Morgan fingerprint density at radius 1 is 1.00 bits per heavy atom. The summed E-state index contributed by atoms with van der Waals surface area (Å²) in [6.45, 7) is 1.33. The predicted molar refractivity (Wildman–Crippen MR) is 84.5 cm³/mol. The first kappa shape index (κ1) is 18.9. The second kappa shape index (κ2) is 11.4. The van der Waals surface area contributed by atoms with Crippen molar-refractivity contribution < 1.29 is 19.1 Å². The van der Waals surface area contributed by atoms with Gasteiger partial charge < -0.3 is 20.1 Å². The fourth-order valence-electron chi connectivity index (χ4n) is 2.85. The van der Waals surface area contributed by atoms with Crippen LogP contribution in [-0.2, 0) is 19.1 Å². The summed E-state index contributed by atoms with van der Waals surface area (Å²) >= 11 is 0. The molecule has 0 aromatic carbocycles. The van der Waals surface area contributed by atoms with Gasteiger partial charge in [0.05, 0.1) is 13.2 Å². The summed E-state index contributed by atoms with van der Waals surface area (Å²) in [5.41, 5.74) is 0. The number of carbonyl (C=O) groups excluding carboxylic acids is 2. The van der Waals surface area contributed by atoms with Crippen LogP contribution in [0.3, 0.4) is 0 Å². The molecule has 0 radical (unpaired) electrons. The number of hydrogen-bond acceptors (Lipinski definition) is 4. The first-order valence-corrected chi connectivity index (χ1v) is 8.21. The lowest BCUT2D eigenvalue weighted by atomic mass is 9.83. The van der Waals surface area contributed by atoms with E-state index in [2.05, 4.69) is 10.6 Å². The summed E-state index contributed by atoms with van der Waals surface area (Å²) in [4.78, 5) is 23.7. The molecule has 1 saturated carbocycles. The third-order valence-electron chi connectivity index (χ3n) is 4.15. The molecule has 0 spiro atoms. The molecular formula is C16H30N2O4. The van der Waals surface area contributed by atoms with Crippen LogP contribution in [0, 0.1) is 5.92 Å². The van der Waals surface area contributed by atoms with Crippen LogP contribution in [0.1, 0.15) is 44.9 Å². The van der Waals surface area contributed by atoms with Gasteiger partial charge in [0.1, 0.15) is 0 Å². The van der Waals surface area contributed by atoms with E-state index in [4.69, 9.17) is 9.47 Å². The molecule has 6 heteroatoms. The molecule has 6 nitrogen and oxygen atoms in total. The molecule has 1 aliphatic rings. The summed E-state index contributed by atoms with van der Waals surface area (Å²) in [6, 6.07) is 0.0103. The topological polar surface area (TPSA) is 76.7 Å². The number of rotatable bonds is 10. The molecule has 0 aliphatic heterocycles. The molecule has 2 amide bonds. The average Bonchev–Trinajstić information content (AvgIpc) is 2.55. The van der Waals surface area contributed by atoms with Crippen LogP contribution in [0.5, 0.6) is 0 Å². The second-order valence-corrected chi connectivity index (χ2v) is 5.86. The van der Waals surface area contributed by atoms with Crippen molar-refractivity contribution in [1.82, 2.24) is 10.6 Å². The summed E-state index contributed by atoms with van der Waals surface area (Å²) in [5.74, 6) is 0.403. The van der Waals surface area contributed by atoms with Crippen LogP contribution >= 0.6 is 0 Å². The van der Waals surface area contributed by atoms with Gasteiger partial charge >= 0.3 is 0 Å². The van der Waals surface area contributed by atoms with Crippen molar-refractivity contribution in [1.29, 1.82) is 0 Å². The molecule has 0 aromatic heterocycles. The average molecular weight is 314 g/mol. The zero-order valence-electron chi connectivity index (χ0n) is 13.9. The first-order chi connectivity index (χ1) is 10.7. The second-order valence-electron chi connectivity index (χ2n) is 5.86. The maximum atomic E-state index is 11.9. The van der Waals surface area contributed by atoms with E-state index in [0.717, 1.165) is 12.8 Å². The molecule has 0 aromatic rings. The fraction of sp³-hybridized carbons (Fsp3) is 0.875. The first-order valence-electron chi connectivity index (χ1n) is 8.21. The molecular weight excluding hydrogens is 284 g/mol. The summed E-state index contributed by atoms with van der Waals surface area (Å²) in [6.07, 6.45) is 6.61. The maximum Gasteiger partial charge on any atom is 0.222 e. The smallest absolute Gasteiger partial charge is 0.222 e. The molecule has 1 unspecified atom stereocenters. The molecule has 1 aliphatic carbocycles. The molecule has 1 rings (SSSR count). The highest BCUT2D eigenvalue weighted by molar-refractivity contribution is 5.77. The minimum absolute atomic E-state index is 0.0103. The molecule has 0 bridgehead atoms. The highest BCUT2D eigenvalue weighted by atomic mass is 16.5. The Morgan fingerprint density at radius 2 is 1.59 bits per heavy atom. The van der Waals surface area contributed by atoms with Crippen molar-refractivity contribution in [2.45, 2.75) is 51.0 Å². The molecule has 0 heterocycles. The number of hydrogen-bond donors (Lipinski definition) is 2. The van der Waals surface area contributed by atoms with E-state index in [-0.39, 0.29) is 17.9 Å². The highest BCUT2D eigenvalue weighted by Crippen LogP contribution is 2.26. The van der Waals surface area contributed by atoms with Crippen LogP contribution in [0.2, 0.25) is 0 Å². The monoisotopic (exact) mass is 314 g/mol. The molecule has 22 heavy (non-hydrogen) atoms. The third-order valence-corrected chi connectivity index (χ3v) is 4.15. The van der Waals surface area contributed by atoms with Crippen molar-refractivity contribution in [3.05, 3.63) is 0 Å². The van der Waals surface area contributed by atoms with Gasteiger partial charge in [0.25, 0.3) is 0 Å². The van der Waals surface area contributed by atoms with E-state index in [0.29, 0.717) is 38.5 Å². The quantitative estimate of drug-likeness (QED) is 0.636. The van der Waals surface area contributed by atoms with E-state index in [9.17, 15) is 9.59 Å². The normalized spacial score (nSPS) is 17.0. The van der Waals surface area contributed by atoms with Gasteiger partial charge in [-0.05, 0) is 18.8 Å². The number of ether oxygens (including phenoxy) is 2. The molecule has 2 N–H and O–H groups in total. The van der Waals surface area contributed by atoms with Crippen LogP contribution in [0.4, 0.5) is 0 Å². The van der Waals surface area contributed by atoms with Crippen LogP contribution in [-0.4, -0.2) is 51.8 Å². The Bertz CT molecular complexity index is 330. The SMILES string of the molecule is COCCC(=O)NCC(NC(=O)CCOC)C1CCCCC1. The van der Waals surface area contributed by atoms with Crippen molar-refractivity contribution >= 4 is 11.8 Å². The predicted octanol–water partition coefficient (Wildman–Crippen LogP) is 1.24. The Kier molecular flexibility index (Phi) is 9.82. The fourth-order valence-corrected chi connectivity index (χ4v) is 2.85. The van der Waals surface area contributed by atoms with E-state index < -0.39 is 0 Å².